The molecule has 1 fully saturated rings. The number of amides is 1. The largest absolute Gasteiger partial charge is 0.348 e. The SMILES string of the molecule is CC(NC(=O)[C@H]1CCCCN1)c1ccncc1. The van der Waals surface area contributed by atoms with E-state index < -0.39 is 0 Å². The second-order valence-electron chi connectivity index (χ2n) is 4.51. The third kappa shape index (κ3) is 3.27. The number of carbonyl (C=O) groups is 1. The molecular formula is C13H19N3O. The first-order valence-corrected chi connectivity index (χ1v) is 6.21. The molecule has 2 atom stereocenters. The molecule has 1 saturated heterocycles. The maximum atomic E-state index is 12.0. The van der Waals surface area contributed by atoms with Crippen LogP contribution in [0.2, 0.25) is 0 Å². The van der Waals surface area contributed by atoms with Crippen molar-refractivity contribution < 1.29 is 4.79 Å². The third-order valence-electron chi connectivity index (χ3n) is 3.19. The molecule has 1 unspecified atom stereocenters. The Morgan fingerprint density at radius 3 is 2.88 bits per heavy atom. The van der Waals surface area contributed by atoms with E-state index in [0.29, 0.717) is 0 Å². The second kappa shape index (κ2) is 5.77. The predicted molar refractivity (Wildman–Crippen MR) is 66.4 cm³/mol. The summed E-state index contributed by atoms with van der Waals surface area (Å²) in [5, 5.41) is 6.29. The molecule has 4 heteroatoms. The number of carbonyl (C=O) groups excluding carboxylic acids is 1. The lowest BCUT2D eigenvalue weighted by Crippen LogP contribution is -2.47. The van der Waals surface area contributed by atoms with Crippen molar-refractivity contribution in [3.63, 3.8) is 0 Å². The molecule has 0 aromatic carbocycles. The second-order valence-corrected chi connectivity index (χ2v) is 4.51. The van der Waals surface area contributed by atoms with Gasteiger partial charge in [-0.2, -0.15) is 0 Å². The molecule has 2 rings (SSSR count). The smallest absolute Gasteiger partial charge is 0.237 e. The maximum Gasteiger partial charge on any atom is 0.237 e. The van der Waals surface area contributed by atoms with Gasteiger partial charge in [0.05, 0.1) is 12.1 Å². The summed E-state index contributed by atoms with van der Waals surface area (Å²) < 4.78 is 0. The first-order chi connectivity index (χ1) is 8.27. The summed E-state index contributed by atoms with van der Waals surface area (Å²) >= 11 is 0. The zero-order valence-corrected chi connectivity index (χ0v) is 10.1. The van der Waals surface area contributed by atoms with Gasteiger partial charge in [0.1, 0.15) is 0 Å². The lowest BCUT2D eigenvalue weighted by molar-refractivity contribution is -0.124. The van der Waals surface area contributed by atoms with Gasteiger partial charge in [-0.25, -0.2) is 0 Å². The van der Waals surface area contributed by atoms with Crippen molar-refractivity contribution in [2.75, 3.05) is 6.54 Å². The fourth-order valence-electron chi connectivity index (χ4n) is 2.13. The van der Waals surface area contributed by atoms with Crippen LogP contribution in [0.5, 0.6) is 0 Å². The summed E-state index contributed by atoms with van der Waals surface area (Å²) in [5.74, 6) is 0.106. The van der Waals surface area contributed by atoms with Crippen molar-refractivity contribution in [2.24, 2.45) is 0 Å². The molecule has 0 spiro atoms. The zero-order chi connectivity index (χ0) is 12.1. The zero-order valence-electron chi connectivity index (χ0n) is 10.1. The van der Waals surface area contributed by atoms with Crippen LogP contribution in [-0.2, 0) is 4.79 Å². The summed E-state index contributed by atoms with van der Waals surface area (Å²) in [5.41, 5.74) is 1.09. The van der Waals surface area contributed by atoms with Gasteiger partial charge < -0.3 is 10.6 Å². The molecule has 1 aliphatic heterocycles. The van der Waals surface area contributed by atoms with Gasteiger partial charge in [-0.05, 0) is 44.0 Å². The molecule has 0 aliphatic carbocycles. The minimum Gasteiger partial charge on any atom is -0.348 e. The van der Waals surface area contributed by atoms with Crippen LogP contribution < -0.4 is 10.6 Å². The van der Waals surface area contributed by atoms with Crippen LogP contribution in [0.3, 0.4) is 0 Å². The minimum absolute atomic E-state index is 0.0203. The van der Waals surface area contributed by atoms with Crippen molar-refractivity contribution in [2.45, 2.75) is 38.3 Å². The molecule has 1 aromatic rings. The summed E-state index contributed by atoms with van der Waals surface area (Å²) in [4.78, 5) is 16.0. The molecule has 2 heterocycles. The van der Waals surface area contributed by atoms with Gasteiger partial charge in [0.2, 0.25) is 5.91 Å². The van der Waals surface area contributed by atoms with E-state index in [1.165, 1.54) is 6.42 Å². The average molecular weight is 233 g/mol. The Kier molecular flexibility index (Phi) is 4.09. The number of nitrogens with zero attached hydrogens (tertiary/aromatic N) is 1. The molecule has 1 aromatic heterocycles. The monoisotopic (exact) mass is 233 g/mol. The van der Waals surface area contributed by atoms with E-state index in [2.05, 4.69) is 15.6 Å². The van der Waals surface area contributed by atoms with E-state index >= 15 is 0 Å². The highest BCUT2D eigenvalue weighted by Gasteiger charge is 2.21. The van der Waals surface area contributed by atoms with Crippen LogP contribution in [0.4, 0.5) is 0 Å². The van der Waals surface area contributed by atoms with E-state index in [4.69, 9.17) is 0 Å². The third-order valence-corrected chi connectivity index (χ3v) is 3.19. The van der Waals surface area contributed by atoms with E-state index in [1.54, 1.807) is 12.4 Å². The molecule has 17 heavy (non-hydrogen) atoms. The molecule has 1 amide bonds. The number of aromatic nitrogens is 1. The van der Waals surface area contributed by atoms with E-state index in [-0.39, 0.29) is 18.0 Å². The van der Waals surface area contributed by atoms with Gasteiger partial charge >= 0.3 is 0 Å². The van der Waals surface area contributed by atoms with Gasteiger partial charge in [0.25, 0.3) is 0 Å². The Morgan fingerprint density at radius 1 is 1.47 bits per heavy atom. The fourth-order valence-corrected chi connectivity index (χ4v) is 2.13. The van der Waals surface area contributed by atoms with E-state index in [1.807, 2.05) is 19.1 Å². The average Bonchev–Trinajstić information content (AvgIpc) is 2.40. The van der Waals surface area contributed by atoms with Gasteiger partial charge in [0.15, 0.2) is 0 Å². The molecule has 0 saturated carbocycles. The highest BCUT2D eigenvalue weighted by molar-refractivity contribution is 5.82. The summed E-state index contributed by atoms with van der Waals surface area (Å²) in [6, 6.07) is 3.88. The van der Waals surface area contributed by atoms with Crippen LogP contribution in [-0.4, -0.2) is 23.5 Å². The molecule has 1 aliphatic rings. The molecular weight excluding hydrogens is 214 g/mol. The van der Waals surface area contributed by atoms with Crippen LogP contribution in [0.1, 0.15) is 37.8 Å². The number of piperidine rings is 1. The van der Waals surface area contributed by atoms with E-state index in [0.717, 1.165) is 24.9 Å². The van der Waals surface area contributed by atoms with Crippen LogP contribution in [0.25, 0.3) is 0 Å². The van der Waals surface area contributed by atoms with Gasteiger partial charge in [-0.3, -0.25) is 9.78 Å². The summed E-state index contributed by atoms with van der Waals surface area (Å²) in [7, 11) is 0. The lowest BCUT2D eigenvalue weighted by atomic mass is 10.0. The number of rotatable bonds is 3. The summed E-state index contributed by atoms with van der Waals surface area (Å²) in [6.07, 6.45) is 6.74. The normalized spacial score (nSPS) is 21.8. The molecule has 0 radical (unpaired) electrons. The highest BCUT2D eigenvalue weighted by atomic mass is 16.2. The molecule has 92 valence electrons. The Morgan fingerprint density at radius 2 is 2.24 bits per heavy atom. The van der Waals surface area contributed by atoms with Crippen LogP contribution >= 0.6 is 0 Å². The van der Waals surface area contributed by atoms with Gasteiger partial charge in [0, 0.05) is 12.4 Å². The first-order valence-electron chi connectivity index (χ1n) is 6.21. The lowest BCUT2D eigenvalue weighted by Gasteiger charge is -2.24. The number of hydrogen-bond acceptors (Lipinski definition) is 3. The van der Waals surface area contributed by atoms with E-state index in [9.17, 15) is 4.79 Å². The Balaban J connectivity index is 1.89. The van der Waals surface area contributed by atoms with Gasteiger partial charge in [-0.15, -0.1) is 0 Å². The Hall–Kier alpha value is -1.42. The topological polar surface area (TPSA) is 54.0 Å². The highest BCUT2D eigenvalue weighted by Crippen LogP contribution is 2.12. The first kappa shape index (κ1) is 12.0. The Bertz CT molecular complexity index is 360. The number of pyridine rings is 1. The van der Waals surface area contributed by atoms with Gasteiger partial charge in [-0.1, -0.05) is 6.42 Å². The number of hydrogen-bond donors (Lipinski definition) is 2. The Labute approximate surface area is 102 Å². The van der Waals surface area contributed by atoms with Crippen molar-refractivity contribution in [3.8, 4) is 0 Å². The van der Waals surface area contributed by atoms with Crippen molar-refractivity contribution in [1.29, 1.82) is 0 Å². The number of nitrogens with one attached hydrogen (secondary N) is 2. The van der Waals surface area contributed by atoms with Crippen LogP contribution in [0, 0.1) is 0 Å². The summed E-state index contributed by atoms with van der Waals surface area (Å²) in [6.45, 7) is 2.94. The standard InChI is InChI=1S/C13H19N3O/c1-10(11-5-8-14-9-6-11)16-13(17)12-4-2-3-7-15-12/h5-6,8-10,12,15H,2-4,7H2,1H3,(H,16,17)/t10?,12-/m1/s1. The van der Waals surface area contributed by atoms with Crippen molar-refractivity contribution in [1.82, 2.24) is 15.6 Å². The fraction of sp³-hybridized carbons (Fsp3) is 0.538. The van der Waals surface area contributed by atoms with Crippen molar-refractivity contribution >= 4 is 5.91 Å². The molecule has 0 bridgehead atoms. The minimum atomic E-state index is -0.0203. The quantitative estimate of drug-likeness (QED) is 0.829. The van der Waals surface area contributed by atoms with Crippen molar-refractivity contribution in [3.05, 3.63) is 30.1 Å². The predicted octanol–water partition coefficient (Wildman–Crippen LogP) is 1.40. The molecule has 4 nitrogen and oxygen atoms in total. The van der Waals surface area contributed by atoms with Crippen LogP contribution in [0.15, 0.2) is 24.5 Å². The maximum absolute atomic E-state index is 12.0. The molecule has 2 N–H and O–H groups in total.